The van der Waals surface area contributed by atoms with Gasteiger partial charge in [0.05, 0.1) is 10.6 Å². The zero-order valence-corrected chi connectivity index (χ0v) is 27.9. The Hall–Kier alpha value is -4.02. The van der Waals surface area contributed by atoms with E-state index in [1.165, 1.54) is 23.1 Å². The van der Waals surface area contributed by atoms with Crippen molar-refractivity contribution in [3.05, 3.63) is 130 Å². The van der Waals surface area contributed by atoms with Crippen molar-refractivity contribution in [2.75, 3.05) is 17.4 Å². The van der Waals surface area contributed by atoms with E-state index in [4.69, 9.17) is 0 Å². The molecule has 236 valence electrons. The monoisotopic (exact) mass is 693 g/mol. The second-order valence-corrected chi connectivity index (χ2v) is 14.0. The standard InChI is InChI=1S/C35H37BrFN3O4S/c1-25(2)22-38-35(42)33(21-27-9-5-4-6-10-27)39(23-28-11-7-8-12-32(28)37)34(41)24-40(30-17-15-29(36)16-18-30)45(43,44)31-19-13-26(3)14-20-31/h4-20,25,33H,21-24H2,1-3H3,(H,38,42). The first-order chi connectivity index (χ1) is 21.5. The highest BCUT2D eigenvalue weighted by Crippen LogP contribution is 2.27. The lowest BCUT2D eigenvalue weighted by Gasteiger charge is -2.34. The summed E-state index contributed by atoms with van der Waals surface area (Å²) in [5.41, 5.74) is 2.15. The minimum Gasteiger partial charge on any atom is -0.354 e. The van der Waals surface area contributed by atoms with Crippen LogP contribution in [0.25, 0.3) is 0 Å². The number of anilines is 1. The Labute approximate surface area is 273 Å². The van der Waals surface area contributed by atoms with Crippen LogP contribution < -0.4 is 9.62 Å². The Balaban J connectivity index is 1.80. The van der Waals surface area contributed by atoms with Gasteiger partial charge < -0.3 is 10.2 Å². The van der Waals surface area contributed by atoms with E-state index in [1.807, 2.05) is 51.1 Å². The number of rotatable bonds is 13. The molecule has 0 aliphatic rings. The third kappa shape index (κ3) is 9.02. The van der Waals surface area contributed by atoms with Crippen LogP contribution in [0.1, 0.15) is 30.5 Å². The summed E-state index contributed by atoms with van der Waals surface area (Å²) in [6, 6.07) is 27.2. The summed E-state index contributed by atoms with van der Waals surface area (Å²) in [5.74, 6) is -1.45. The van der Waals surface area contributed by atoms with Gasteiger partial charge in [0.2, 0.25) is 11.8 Å². The predicted molar refractivity (Wildman–Crippen MR) is 179 cm³/mol. The van der Waals surface area contributed by atoms with E-state index in [1.54, 1.807) is 54.6 Å². The summed E-state index contributed by atoms with van der Waals surface area (Å²) in [7, 11) is -4.22. The molecule has 0 aromatic heterocycles. The molecule has 1 unspecified atom stereocenters. The van der Waals surface area contributed by atoms with Crippen LogP contribution in [0.5, 0.6) is 0 Å². The number of aryl methyl sites for hydroxylation is 1. The molecule has 0 radical (unpaired) electrons. The van der Waals surface area contributed by atoms with E-state index in [0.29, 0.717) is 6.54 Å². The van der Waals surface area contributed by atoms with Gasteiger partial charge >= 0.3 is 0 Å². The summed E-state index contributed by atoms with van der Waals surface area (Å²) in [4.78, 5) is 29.5. The average molecular weight is 695 g/mol. The van der Waals surface area contributed by atoms with Crippen LogP contribution in [0, 0.1) is 18.7 Å². The molecule has 0 saturated carbocycles. The number of halogens is 2. The molecule has 4 rings (SSSR count). The van der Waals surface area contributed by atoms with E-state index < -0.39 is 40.2 Å². The second kappa shape index (κ2) is 15.3. The largest absolute Gasteiger partial charge is 0.354 e. The number of sulfonamides is 1. The van der Waals surface area contributed by atoms with Crippen LogP contribution >= 0.6 is 15.9 Å². The Kier molecular flexibility index (Phi) is 11.5. The van der Waals surface area contributed by atoms with Gasteiger partial charge in [-0.25, -0.2) is 12.8 Å². The highest BCUT2D eigenvalue weighted by molar-refractivity contribution is 9.10. The van der Waals surface area contributed by atoms with Gasteiger partial charge in [-0.2, -0.15) is 0 Å². The third-order valence-corrected chi connectivity index (χ3v) is 9.57. The second-order valence-electron chi connectivity index (χ2n) is 11.3. The summed E-state index contributed by atoms with van der Waals surface area (Å²) in [6.45, 7) is 5.29. The molecule has 0 bridgehead atoms. The first-order valence-electron chi connectivity index (χ1n) is 14.6. The van der Waals surface area contributed by atoms with E-state index in [-0.39, 0.29) is 35.0 Å². The molecule has 1 N–H and O–H groups in total. The Morgan fingerprint density at radius 1 is 0.867 bits per heavy atom. The lowest BCUT2D eigenvalue weighted by Crippen LogP contribution is -2.53. The molecule has 0 fully saturated rings. The van der Waals surface area contributed by atoms with E-state index in [0.717, 1.165) is 19.9 Å². The van der Waals surface area contributed by atoms with Crippen molar-refractivity contribution >= 4 is 43.5 Å². The van der Waals surface area contributed by atoms with Gasteiger partial charge in [0, 0.05) is 29.5 Å². The van der Waals surface area contributed by atoms with E-state index in [9.17, 15) is 18.0 Å². The van der Waals surface area contributed by atoms with Gasteiger partial charge in [-0.1, -0.05) is 96.0 Å². The van der Waals surface area contributed by atoms with Crippen LogP contribution in [-0.2, 0) is 32.6 Å². The minimum absolute atomic E-state index is 0.0139. The SMILES string of the molecule is Cc1ccc(S(=O)(=O)N(CC(=O)N(Cc2ccccc2F)C(Cc2ccccc2)C(=O)NCC(C)C)c2ccc(Br)cc2)cc1. The van der Waals surface area contributed by atoms with Crippen LogP contribution in [0.15, 0.2) is 112 Å². The van der Waals surface area contributed by atoms with Gasteiger partial charge in [0.1, 0.15) is 18.4 Å². The number of benzene rings is 4. The van der Waals surface area contributed by atoms with E-state index >= 15 is 4.39 Å². The number of nitrogens with one attached hydrogen (secondary N) is 1. The summed E-state index contributed by atoms with van der Waals surface area (Å²) >= 11 is 3.38. The fourth-order valence-corrected chi connectivity index (χ4v) is 6.44. The minimum atomic E-state index is -4.22. The average Bonchev–Trinajstić information content (AvgIpc) is 3.02. The molecule has 0 spiro atoms. The van der Waals surface area contributed by atoms with Gasteiger partial charge in [0.25, 0.3) is 10.0 Å². The molecule has 1 atom stereocenters. The van der Waals surface area contributed by atoms with Gasteiger partial charge in [0.15, 0.2) is 0 Å². The summed E-state index contributed by atoms with van der Waals surface area (Å²) < 4.78 is 44.9. The van der Waals surface area contributed by atoms with Crippen molar-refractivity contribution in [3.8, 4) is 0 Å². The zero-order valence-electron chi connectivity index (χ0n) is 25.5. The topological polar surface area (TPSA) is 86.8 Å². The number of nitrogens with zero attached hydrogens (tertiary/aromatic N) is 2. The maximum absolute atomic E-state index is 15.0. The highest BCUT2D eigenvalue weighted by atomic mass is 79.9. The molecule has 4 aromatic carbocycles. The molecule has 2 amide bonds. The van der Waals surface area contributed by atoms with Crippen molar-refractivity contribution in [3.63, 3.8) is 0 Å². The molecule has 0 saturated heterocycles. The molecule has 10 heteroatoms. The first kappa shape index (κ1) is 33.9. The number of amides is 2. The van der Waals surface area contributed by atoms with Gasteiger partial charge in [-0.05, 0) is 60.9 Å². The molecule has 4 aromatic rings. The predicted octanol–water partition coefficient (Wildman–Crippen LogP) is 6.50. The lowest BCUT2D eigenvalue weighted by molar-refractivity contribution is -0.140. The Bertz CT molecular complexity index is 1700. The third-order valence-electron chi connectivity index (χ3n) is 7.26. The molecule has 0 aliphatic carbocycles. The van der Waals surface area contributed by atoms with Crippen LogP contribution in [-0.4, -0.2) is 44.3 Å². The van der Waals surface area contributed by atoms with Crippen molar-refractivity contribution < 1.29 is 22.4 Å². The highest BCUT2D eigenvalue weighted by Gasteiger charge is 2.35. The number of hydrogen-bond donors (Lipinski definition) is 1. The van der Waals surface area contributed by atoms with Crippen molar-refractivity contribution in [2.45, 2.75) is 44.7 Å². The number of carbonyl (C=O) groups is 2. The summed E-state index contributed by atoms with van der Waals surface area (Å²) in [6.07, 6.45) is 0.147. The maximum Gasteiger partial charge on any atom is 0.264 e. The molecule has 7 nitrogen and oxygen atoms in total. The quantitative estimate of drug-likeness (QED) is 0.173. The maximum atomic E-state index is 15.0. The normalized spacial score (nSPS) is 12.0. The Morgan fingerprint density at radius 2 is 1.49 bits per heavy atom. The lowest BCUT2D eigenvalue weighted by atomic mass is 10.0. The zero-order chi connectivity index (χ0) is 32.6. The van der Waals surface area contributed by atoms with Crippen LogP contribution in [0.3, 0.4) is 0 Å². The fourth-order valence-electron chi connectivity index (χ4n) is 4.76. The van der Waals surface area contributed by atoms with E-state index in [2.05, 4.69) is 21.2 Å². The molecule has 0 heterocycles. The van der Waals surface area contributed by atoms with Crippen molar-refractivity contribution in [1.82, 2.24) is 10.2 Å². The van der Waals surface area contributed by atoms with Gasteiger partial charge in [-0.3, -0.25) is 13.9 Å². The molecular formula is C35H37BrFN3O4S. The summed E-state index contributed by atoms with van der Waals surface area (Å²) in [5, 5.41) is 2.93. The van der Waals surface area contributed by atoms with Gasteiger partial charge in [-0.15, -0.1) is 0 Å². The number of hydrogen-bond acceptors (Lipinski definition) is 4. The number of carbonyl (C=O) groups excluding carboxylic acids is 2. The molecular weight excluding hydrogens is 657 g/mol. The van der Waals surface area contributed by atoms with Crippen molar-refractivity contribution in [2.24, 2.45) is 5.92 Å². The van der Waals surface area contributed by atoms with Crippen LogP contribution in [0.2, 0.25) is 0 Å². The van der Waals surface area contributed by atoms with Crippen molar-refractivity contribution in [1.29, 1.82) is 0 Å². The smallest absolute Gasteiger partial charge is 0.264 e. The molecule has 45 heavy (non-hydrogen) atoms. The molecule has 0 aliphatic heterocycles. The van der Waals surface area contributed by atoms with Crippen LogP contribution in [0.4, 0.5) is 10.1 Å². The fraction of sp³-hybridized carbons (Fsp3) is 0.257. The Morgan fingerprint density at radius 3 is 2.11 bits per heavy atom. The first-order valence-corrected chi connectivity index (χ1v) is 16.9.